The zero-order valence-electron chi connectivity index (χ0n) is 20.0. The molecule has 0 aromatic heterocycles. The molecule has 0 bridgehead atoms. The summed E-state index contributed by atoms with van der Waals surface area (Å²) in [6.07, 6.45) is 12.5. The van der Waals surface area contributed by atoms with Crippen molar-refractivity contribution in [3.8, 4) is 6.07 Å². The van der Waals surface area contributed by atoms with Crippen LogP contribution < -0.4 is 0 Å². The fraction of sp³-hybridized carbons (Fsp3) is 0.852. The maximum atomic E-state index is 11.8. The van der Waals surface area contributed by atoms with E-state index in [1.165, 1.54) is 44.1 Å². The number of unbranched alkanes of at least 4 members (excludes halogenated alkanes) is 2. The monoisotopic (exact) mass is 415 g/mol. The number of nitriles is 1. The molecule has 0 aliphatic heterocycles. The molecule has 0 heterocycles. The molecule has 0 aromatic rings. The van der Waals surface area contributed by atoms with Crippen LogP contribution in [-0.4, -0.2) is 11.1 Å². The molecule has 1 N–H and O–H groups in total. The fourth-order valence-corrected chi connectivity index (χ4v) is 7.05. The molecule has 170 valence electrons. The number of aliphatic carboxylic acids is 1. The number of hydrogen-bond donors (Lipinski definition) is 1. The average Bonchev–Trinajstić information content (AvgIpc) is 3.02. The standard InChI is InChI=1S/C27H45NO2/c1-19(2)10-9-12-21(4)24-13-14-25-23(18-26(29)30)22(15-16-27(24,25)5)20(3)11-7-6-8-17-28/h19,21-25H,3,6-16,18H2,1-2,4-5H3,(H,29,30)/t21-,22+,23+,24+,25-,27+/m0/s1. The molecule has 0 radical (unpaired) electrons. The van der Waals surface area contributed by atoms with Crippen LogP contribution in [0.5, 0.6) is 0 Å². The van der Waals surface area contributed by atoms with Gasteiger partial charge in [-0.3, -0.25) is 4.79 Å². The number of allylic oxidation sites excluding steroid dienone is 1. The van der Waals surface area contributed by atoms with Crippen LogP contribution in [0.4, 0.5) is 0 Å². The minimum absolute atomic E-state index is 0.234. The Bertz CT molecular complexity index is 619. The number of fused-ring (bicyclic) bond motifs is 1. The highest BCUT2D eigenvalue weighted by atomic mass is 16.4. The third-order valence-corrected chi connectivity index (χ3v) is 8.61. The lowest BCUT2D eigenvalue weighted by Gasteiger charge is -2.50. The Kier molecular flexibility index (Phi) is 9.45. The Balaban J connectivity index is 2.08. The molecule has 2 rings (SSSR count). The van der Waals surface area contributed by atoms with E-state index in [0.717, 1.165) is 43.4 Å². The van der Waals surface area contributed by atoms with Gasteiger partial charge in [-0.15, -0.1) is 0 Å². The second-order valence-electron chi connectivity index (χ2n) is 11.0. The molecule has 0 unspecified atom stereocenters. The molecule has 2 fully saturated rings. The first-order chi connectivity index (χ1) is 14.2. The normalized spacial score (nSPS) is 31.9. The highest BCUT2D eigenvalue weighted by Gasteiger charge is 2.55. The lowest BCUT2D eigenvalue weighted by Crippen LogP contribution is -2.44. The number of rotatable bonds is 12. The molecule has 3 nitrogen and oxygen atoms in total. The zero-order chi connectivity index (χ0) is 22.3. The first-order valence-corrected chi connectivity index (χ1v) is 12.5. The Hall–Kier alpha value is -1.30. The van der Waals surface area contributed by atoms with Crippen LogP contribution in [0.15, 0.2) is 12.2 Å². The Morgan fingerprint density at radius 2 is 1.90 bits per heavy atom. The van der Waals surface area contributed by atoms with Gasteiger partial charge in [0.25, 0.3) is 0 Å². The summed E-state index contributed by atoms with van der Waals surface area (Å²) in [5.74, 6) is 2.68. The first kappa shape index (κ1) is 25.0. The summed E-state index contributed by atoms with van der Waals surface area (Å²) in [4.78, 5) is 11.8. The maximum Gasteiger partial charge on any atom is 0.303 e. The largest absolute Gasteiger partial charge is 0.481 e. The van der Waals surface area contributed by atoms with Gasteiger partial charge in [-0.25, -0.2) is 0 Å². The minimum Gasteiger partial charge on any atom is -0.481 e. The van der Waals surface area contributed by atoms with Gasteiger partial charge in [-0.1, -0.05) is 59.1 Å². The zero-order valence-corrected chi connectivity index (χ0v) is 20.0. The molecule has 6 atom stereocenters. The summed E-state index contributed by atoms with van der Waals surface area (Å²) in [5.41, 5.74) is 1.53. The molecule has 0 saturated heterocycles. The molecule has 2 aliphatic carbocycles. The third kappa shape index (κ3) is 6.12. The lowest BCUT2D eigenvalue weighted by atomic mass is 9.54. The van der Waals surface area contributed by atoms with Gasteiger partial charge in [0.05, 0.1) is 6.07 Å². The van der Waals surface area contributed by atoms with Crippen molar-refractivity contribution in [3.05, 3.63) is 12.2 Å². The van der Waals surface area contributed by atoms with Gasteiger partial charge in [0.15, 0.2) is 0 Å². The average molecular weight is 416 g/mol. The Labute approximate surface area is 185 Å². The van der Waals surface area contributed by atoms with Crippen LogP contribution in [0.3, 0.4) is 0 Å². The fourth-order valence-electron chi connectivity index (χ4n) is 7.05. The van der Waals surface area contributed by atoms with Crippen LogP contribution in [-0.2, 0) is 4.79 Å². The summed E-state index contributed by atoms with van der Waals surface area (Å²) in [5, 5.41) is 18.5. The molecule has 0 amide bonds. The maximum absolute atomic E-state index is 11.8. The van der Waals surface area contributed by atoms with Gasteiger partial charge in [-0.05, 0) is 85.9 Å². The first-order valence-electron chi connectivity index (χ1n) is 12.5. The number of hydrogen-bond acceptors (Lipinski definition) is 2. The summed E-state index contributed by atoms with van der Waals surface area (Å²) >= 11 is 0. The Morgan fingerprint density at radius 1 is 1.17 bits per heavy atom. The van der Waals surface area contributed by atoms with Crippen molar-refractivity contribution in [2.75, 3.05) is 0 Å². The SMILES string of the molecule is C=C(CCCCC#N)[C@H]1CC[C@]2(C)[C@@H]([C@@H](C)CCCC(C)C)CC[C@H]2[C@@H]1CC(=O)O. The van der Waals surface area contributed by atoms with Gasteiger partial charge in [0, 0.05) is 12.8 Å². The predicted octanol–water partition coefficient (Wildman–Crippen LogP) is 7.62. The second-order valence-corrected chi connectivity index (χ2v) is 11.0. The van der Waals surface area contributed by atoms with Gasteiger partial charge in [-0.2, -0.15) is 5.26 Å². The van der Waals surface area contributed by atoms with Crippen LogP contribution in [0.2, 0.25) is 0 Å². The number of carboxylic acids is 1. The van der Waals surface area contributed by atoms with E-state index < -0.39 is 5.97 Å². The summed E-state index contributed by atoms with van der Waals surface area (Å²) in [6, 6.07) is 2.22. The van der Waals surface area contributed by atoms with Crippen LogP contribution in [0.25, 0.3) is 0 Å². The molecule has 2 aliphatic rings. The predicted molar refractivity (Wildman–Crippen MR) is 124 cm³/mol. The van der Waals surface area contributed by atoms with Crippen molar-refractivity contribution >= 4 is 5.97 Å². The summed E-state index contributed by atoms with van der Waals surface area (Å²) < 4.78 is 0. The molecular weight excluding hydrogens is 370 g/mol. The van der Waals surface area contributed by atoms with E-state index in [0.29, 0.717) is 18.3 Å². The van der Waals surface area contributed by atoms with Crippen molar-refractivity contribution < 1.29 is 9.90 Å². The van der Waals surface area contributed by atoms with Crippen molar-refractivity contribution in [1.29, 1.82) is 5.26 Å². The van der Waals surface area contributed by atoms with Gasteiger partial charge < -0.3 is 5.11 Å². The highest BCUT2D eigenvalue weighted by Crippen LogP contribution is 2.62. The molecule has 0 aromatic carbocycles. The summed E-state index contributed by atoms with van der Waals surface area (Å²) in [6.45, 7) is 14.0. The van der Waals surface area contributed by atoms with Crippen molar-refractivity contribution in [2.45, 2.75) is 105 Å². The van der Waals surface area contributed by atoms with Crippen LogP contribution in [0, 0.1) is 52.3 Å². The third-order valence-electron chi connectivity index (χ3n) is 8.61. The van der Waals surface area contributed by atoms with Crippen LogP contribution >= 0.6 is 0 Å². The van der Waals surface area contributed by atoms with E-state index >= 15 is 0 Å². The lowest BCUT2D eigenvalue weighted by molar-refractivity contribution is -0.140. The number of nitrogens with zero attached hydrogens (tertiary/aromatic N) is 1. The van der Waals surface area contributed by atoms with Gasteiger partial charge in [0.1, 0.15) is 0 Å². The van der Waals surface area contributed by atoms with Crippen molar-refractivity contribution in [2.24, 2.45) is 40.9 Å². The van der Waals surface area contributed by atoms with Gasteiger partial charge in [0.2, 0.25) is 0 Å². The molecular formula is C27H45NO2. The second kappa shape index (κ2) is 11.4. The quantitative estimate of drug-likeness (QED) is 0.263. The molecule has 2 saturated carbocycles. The van der Waals surface area contributed by atoms with Crippen molar-refractivity contribution in [3.63, 3.8) is 0 Å². The van der Waals surface area contributed by atoms with E-state index in [9.17, 15) is 9.90 Å². The van der Waals surface area contributed by atoms with E-state index in [1.807, 2.05) is 0 Å². The highest BCUT2D eigenvalue weighted by molar-refractivity contribution is 5.67. The molecule has 0 spiro atoms. The van der Waals surface area contributed by atoms with Crippen LogP contribution in [0.1, 0.15) is 105 Å². The minimum atomic E-state index is -0.653. The number of carbonyl (C=O) groups is 1. The van der Waals surface area contributed by atoms with E-state index in [-0.39, 0.29) is 17.8 Å². The summed E-state index contributed by atoms with van der Waals surface area (Å²) in [7, 11) is 0. The van der Waals surface area contributed by atoms with E-state index in [1.54, 1.807) is 0 Å². The molecule has 3 heteroatoms. The van der Waals surface area contributed by atoms with Crippen molar-refractivity contribution in [1.82, 2.24) is 0 Å². The number of carboxylic acid groups (broad SMARTS) is 1. The topological polar surface area (TPSA) is 61.1 Å². The smallest absolute Gasteiger partial charge is 0.303 e. The van der Waals surface area contributed by atoms with E-state index in [2.05, 4.69) is 40.3 Å². The molecule has 30 heavy (non-hydrogen) atoms. The van der Waals surface area contributed by atoms with E-state index in [4.69, 9.17) is 5.26 Å². The van der Waals surface area contributed by atoms with Gasteiger partial charge >= 0.3 is 5.97 Å². The Morgan fingerprint density at radius 3 is 2.53 bits per heavy atom.